The van der Waals surface area contributed by atoms with E-state index in [4.69, 9.17) is 25.8 Å². The highest BCUT2D eigenvalue weighted by atomic mass is 35.5. The van der Waals surface area contributed by atoms with Gasteiger partial charge in [-0.1, -0.05) is 0 Å². The van der Waals surface area contributed by atoms with Crippen LogP contribution in [-0.4, -0.2) is 32.5 Å². The molecule has 1 unspecified atom stereocenters. The number of halogens is 1. The molecule has 5 heteroatoms. The van der Waals surface area contributed by atoms with Crippen LogP contribution < -0.4 is 0 Å². The summed E-state index contributed by atoms with van der Waals surface area (Å²) in [5.41, 5.74) is 0. The maximum Gasteiger partial charge on any atom is 0.320 e. The van der Waals surface area contributed by atoms with E-state index >= 15 is 0 Å². The zero-order valence-electron chi connectivity index (χ0n) is 8.09. The van der Waals surface area contributed by atoms with Gasteiger partial charge in [0, 0.05) is 0 Å². The summed E-state index contributed by atoms with van der Waals surface area (Å²) in [6.07, 6.45) is 0.547. The molecule has 0 aliphatic heterocycles. The van der Waals surface area contributed by atoms with Crippen molar-refractivity contribution in [1.29, 1.82) is 0 Å². The molecule has 0 bridgehead atoms. The van der Waals surface area contributed by atoms with Crippen molar-refractivity contribution in [3.63, 3.8) is 0 Å². The van der Waals surface area contributed by atoms with Crippen molar-refractivity contribution in [3.05, 3.63) is 11.7 Å². The lowest BCUT2D eigenvalue weighted by Crippen LogP contribution is -2.25. The number of aldehydes is 1. The lowest BCUT2D eigenvalue weighted by Gasteiger charge is -2.19. The molecule has 13 heavy (non-hydrogen) atoms. The van der Waals surface area contributed by atoms with E-state index in [-0.39, 0.29) is 11.7 Å². The molecule has 4 nitrogen and oxygen atoms in total. The van der Waals surface area contributed by atoms with Crippen LogP contribution in [0.1, 0.15) is 6.92 Å². The average Bonchev–Trinajstić information content (AvgIpc) is 2.13. The van der Waals surface area contributed by atoms with Crippen LogP contribution in [0.2, 0.25) is 0 Å². The van der Waals surface area contributed by atoms with Gasteiger partial charge in [0.2, 0.25) is 5.76 Å². The van der Waals surface area contributed by atoms with E-state index in [0.29, 0.717) is 6.29 Å². The molecule has 0 rings (SSSR count). The number of methoxy groups -OCH3 is 3. The van der Waals surface area contributed by atoms with Gasteiger partial charge >= 0.3 is 5.95 Å². The summed E-state index contributed by atoms with van der Waals surface area (Å²) in [7, 11) is 4.18. The van der Waals surface area contributed by atoms with Crippen LogP contribution in [0.15, 0.2) is 11.7 Å². The summed E-state index contributed by atoms with van der Waals surface area (Å²) in [6, 6.07) is 0. The van der Waals surface area contributed by atoms with Crippen LogP contribution in [0.3, 0.4) is 0 Å². The Hall–Kier alpha value is -0.900. The fraction of sp³-hybridized carbons (Fsp3) is 0.625. The molecule has 0 spiro atoms. The largest absolute Gasteiger partial charge is 0.492 e. The van der Waals surface area contributed by atoms with Crippen molar-refractivity contribution in [1.82, 2.24) is 0 Å². The minimum Gasteiger partial charge on any atom is -0.492 e. The lowest BCUT2D eigenvalue weighted by molar-refractivity contribution is -0.110. The first kappa shape index (κ1) is 12.1. The summed E-state index contributed by atoms with van der Waals surface area (Å²) in [4.78, 5) is 9.34. The molecule has 0 aliphatic rings. The smallest absolute Gasteiger partial charge is 0.320 e. The second-order valence-corrected chi connectivity index (χ2v) is 3.21. The number of carbonyl (C=O) groups excluding carboxylic acids is 1. The molecule has 0 saturated carbocycles. The fourth-order valence-electron chi connectivity index (χ4n) is 0.805. The highest BCUT2D eigenvalue weighted by molar-refractivity contribution is 6.33. The maximum atomic E-state index is 10.6. The van der Waals surface area contributed by atoms with E-state index < -0.39 is 4.87 Å². The Morgan fingerprint density at radius 2 is 1.69 bits per heavy atom. The van der Waals surface area contributed by atoms with Gasteiger partial charge in [-0.15, -0.1) is 11.6 Å². The van der Waals surface area contributed by atoms with Crippen LogP contribution in [0.5, 0.6) is 0 Å². The van der Waals surface area contributed by atoms with Crippen LogP contribution in [0.4, 0.5) is 0 Å². The van der Waals surface area contributed by atoms with Gasteiger partial charge in [0.05, 0.1) is 21.3 Å². The Morgan fingerprint density at radius 1 is 1.23 bits per heavy atom. The Balaban J connectivity index is 5.06. The summed E-state index contributed by atoms with van der Waals surface area (Å²) >= 11 is 5.83. The van der Waals surface area contributed by atoms with Gasteiger partial charge in [0.25, 0.3) is 0 Å². The molecule has 0 heterocycles. The first-order valence-electron chi connectivity index (χ1n) is 3.55. The number of alkyl halides is 1. The summed E-state index contributed by atoms with van der Waals surface area (Å²) < 4.78 is 14.6. The lowest BCUT2D eigenvalue weighted by atomic mass is 10.1. The fourth-order valence-corrected chi connectivity index (χ4v) is 0.959. The topological polar surface area (TPSA) is 44.8 Å². The van der Waals surface area contributed by atoms with E-state index in [1.165, 1.54) is 28.3 Å². The maximum absolute atomic E-state index is 10.6. The SMILES string of the molecule is COC(OC)=C(OC)C(C)(Cl)C=O. The van der Waals surface area contributed by atoms with E-state index in [1.807, 2.05) is 0 Å². The molecule has 0 radical (unpaired) electrons. The molecular formula is C8H13ClO4. The van der Waals surface area contributed by atoms with Gasteiger partial charge < -0.3 is 19.0 Å². The van der Waals surface area contributed by atoms with Crippen LogP contribution in [0.25, 0.3) is 0 Å². The summed E-state index contributed by atoms with van der Waals surface area (Å²) in [6.45, 7) is 1.48. The molecule has 1 atom stereocenters. The summed E-state index contributed by atoms with van der Waals surface area (Å²) in [5, 5.41) is 0. The molecule has 0 aromatic rings. The summed E-state index contributed by atoms with van der Waals surface area (Å²) in [5.74, 6) is 0.237. The van der Waals surface area contributed by atoms with E-state index in [9.17, 15) is 4.79 Å². The van der Waals surface area contributed by atoms with Crippen molar-refractivity contribution in [2.75, 3.05) is 21.3 Å². The molecule has 0 aromatic heterocycles. The Morgan fingerprint density at radius 3 is 1.92 bits per heavy atom. The highest BCUT2D eigenvalue weighted by Gasteiger charge is 2.32. The van der Waals surface area contributed by atoms with Crippen molar-refractivity contribution < 1.29 is 19.0 Å². The number of ether oxygens (including phenoxy) is 3. The molecule has 0 aromatic carbocycles. The van der Waals surface area contributed by atoms with E-state index in [1.54, 1.807) is 0 Å². The minimum atomic E-state index is -1.27. The second-order valence-electron chi connectivity index (χ2n) is 2.42. The van der Waals surface area contributed by atoms with Gasteiger partial charge in [-0.2, -0.15) is 0 Å². The normalized spacial score (nSPS) is 13.9. The Kier molecular flexibility index (Phi) is 4.62. The molecule has 76 valence electrons. The average molecular weight is 209 g/mol. The molecule has 0 aliphatic carbocycles. The number of hydrogen-bond acceptors (Lipinski definition) is 4. The van der Waals surface area contributed by atoms with Gasteiger partial charge in [-0.05, 0) is 6.92 Å². The van der Waals surface area contributed by atoms with Gasteiger partial charge in [0.15, 0.2) is 4.87 Å². The number of allylic oxidation sites excluding steroid dienone is 1. The third kappa shape index (κ3) is 2.81. The first-order valence-corrected chi connectivity index (χ1v) is 3.93. The first-order chi connectivity index (χ1) is 6.03. The monoisotopic (exact) mass is 208 g/mol. The third-order valence-electron chi connectivity index (χ3n) is 1.43. The third-order valence-corrected chi connectivity index (χ3v) is 1.69. The quantitative estimate of drug-likeness (QED) is 0.388. The molecule has 0 saturated heterocycles. The van der Waals surface area contributed by atoms with Crippen LogP contribution in [0, 0.1) is 0 Å². The van der Waals surface area contributed by atoms with Crippen molar-refractivity contribution in [2.24, 2.45) is 0 Å². The molecule has 0 amide bonds. The number of carbonyl (C=O) groups is 1. The van der Waals surface area contributed by atoms with Crippen molar-refractivity contribution in [2.45, 2.75) is 11.8 Å². The molecule has 0 fully saturated rings. The zero-order valence-corrected chi connectivity index (χ0v) is 8.84. The second kappa shape index (κ2) is 4.97. The van der Waals surface area contributed by atoms with E-state index in [0.717, 1.165) is 0 Å². The van der Waals surface area contributed by atoms with E-state index in [2.05, 4.69) is 0 Å². The Bertz CT molecular complexity index is 204. The zero-order chi connectivity index (χ0) is 10.5. The van der Waals surface area contributed by atoms with Gasteiger partial charge in [-0.25, -0.2) is 0 Å². The van der Waals surface area contributed by atoms with Crippen LogP contribution in [-0.2, 0) is 19.0 Å². The number of hydrogen-bond donors (Lipinski definition) is 0. The minimum absolute atomic E-state index is 0.0899. The predicted octanol–water partition coefficient (Wildman–Crippen LogP) is 1.29. The Labute approximate surface area is 82.4 Å². The number of rotatable bonds is 5. The highest BCUT2D eigenvalue weighted by Crippen LogP contribution is 2.26. The van der Waals surface area contributed by atoms with Crippen molar-refractivity contribution >= 4 is 17.9 Å². The molecular weight excluding hydrogens is 196 g/mol. The standard InChI is InChI=1S/C8H13ClO4/c1-8(9,5-10)6(11-2)7(12-3)13-4/h5H,1-4H3. The van der Waals surface area contributed by atoms with Crippen molar-refractivity contribution in [3.8, 4) is 0 Å². The molecule has 0 N–H and O–H groups in total. The predicted molar refractivity (Wildman–Crippen MR) is 48.4 cm³/mol. The van der Waals surface area contributed by atoms with Crippen LogP contribution >= 0.6 is 11.6 Å². The van der Waals surface area contributed by atoms with Gasteiger partial charge in [0.1, 0.15) is 6.29 Å². The van der Waals surface area contributed by atoms with Gasteiger partial charge in [-0.3, -0.25) is 0 Å².